The largest absolute Gasteiger partial charge is 0.465 e. The van der Waals surface area contributed by atoms with Gasteiger partial charge in [-0.2, -0.15) is 0 Å². The average molecular weight is 200 g/mol. The summed E-state index contributed by atoms with van der Waals surface area (Å²) in [5, 5.41) is 21.9. The molecule has 1 atom stereocenters. The molecule has 1 heterocycles. The molecule has 1 fully saturated rings. The van der Waals surface area contributed by atoms with Crippen molar-refractivity contribution in [1.29, 1.82) is 0 Å². The van der Waals surface area contributed by atoms with E-state index < -0.39 is 12.1 Å². The lowest BCUT2D eigenvalue weighted by molar-refractivity contribution is -0.116. The smallest absolute Gasteiger partial charge is 0.405 e. The van der Waals surface area contributed by atoms with Crippen LogP contribution in [0.4, 0.5) is 4.79 Å². The van der Waals surface area contributed by atoms with E-state index in [4.69, 9.17) is 10.2 Å². The number of aliphatic hydroxyl groups is 1. The third kappa shape index (κ3) is 2.74. The highest BCUT2D eigenvalue weighted by atomic mass is 16.4. The molecule has 6 heteroatoms. The fourth-order valence-electron chi connectivity index (χ4n) is 1.24. The van der Waals surface area contributed by atoms with Gasteiger partial charge in [-0.1, -0.05) is 6.08 Å². The van der Waals surface area contributed by atoms with E-state index >= 15 is 0 Å². The molecule has 1 unspecified atom stereocenters. The quantitative estimate of drug-likeness (QED) is 0.442. The molecular weight excluding hydrogens is 188 g/mol. The predicted molar refractivity (Wildman–Crippen MR) is 47.7 cm³/mol. The molecule has 1 rings (SSSR count). The van der Waals surface area contributed by atoms with Crippen molar-refractivity contribution in [1.82, 2.24) is 10.6 Å². The van der Waals surface area contributed by atoms with Gasteiger partial charge in [0.2, 0.25) is 5.91 Å². The topological polar surface area (TPSA) is 98.7 Å². The molecule has 1 saturated heterocycles. The molecule has 0 aliphatic carbocycles. The van der Waals surface area contributed by atoms with Crippen LogP contribution in [0.1, 0.15) is 6.42 Å². The van der Waals surface area contributed by atoms with Crippen molar-refractivity contribution in [2.24, 2.45) is 0 Å². The van der Waals surface area contributed by atoms with Gasteiger partial charge in [-0.05, 0) is 6.42 Å². The third-order valence-corrected chi connectivity index (χ3v) is 1.88. The number of aliphatic hydroxyl groups excluding tert-OH is 1. The van der Waals surface area contributed by atoms with Crippen molar-refractivity contribution in [3.63, 3.8) is 0 Å². The summed E-state index contributed by atoms with van der Waals surface area (Å²) in [6.07, 6.45) is 0.784. The molecular formula is C8H12N2O4. The molecule has 0 spiro atoms. The van der Waals surface area contributed by atoms with Gasteiger partial charge >= 0.3 is 6.09 Å². The van der Waals surface area contributed by atoms with E-state index in [2.05, 4.69) is 10.6 Å². The van der Waals surface area contributed by atoms with Gasteiger partial charge in [0.05, 0.1) is 12.6 Å². The first-order valence-corrected chi connectivity index (χ1v) is 4.22. The van der Waals surface area contributed by atoms with E-state index in [1.54, 1.807) is 0 Å². The van der Waals surface area contributed by atoms with E-state index in [0.29, 0.717) is 18.5 Å². The van der Waals surface area contributed by atoms with Crippen LogP contribution in [-0.4, -0.2) is 41.4 Å². The Labute approximate surface area is 80.6 Å². The number of rotatable bonds is 3. The van der Waals surface area contributed by atoms with Gasteiger partial charge < -0.3 is 20.8 Å². The van der Waals surface area contributed by atoms with Gasteiger partial charge in [-0.15, -0.1) is 0 Å². The number of carbonyl (C=O) groups is 2. The monoisotopic (exact) mass is 200 g/mol. The zero-order valence-corrected chi connectivity index (χ0v) is 7.49. The van der Waals surface area contributed by atoms with Crippen LogP contribution in [0.25, 0.3) is 0 Å². The molecule has 1 aliphatic rings. The summed E-state index contributed by atoms with van der Waals surface area (Å²) in [6, 6.07) is -0.716. The van der Waals surface area contributed by atoms with E-state index in [1.165, 1.54) is 6.08 Å². The molecule has 0 aromatic heterocycles. The third-order valence-electron chi connectivity index (χ3n) is 1.88. The van der Waals surface area contributed by atoms with Crippen molar-refractivity contribution in [2.45, 2.75) is 12.5 Å². The summed E-state index contributed by atoms with van der Waals surface area (Å²) in [7, 11) is 0. The second kappa shape index (κ2) is 4.61. The molecule has 0 aromatic carbocycles. The number of carboxylic acid groups (broad SMARTS) is 1. The number of amides is 2. The fraction of sp³-hybridized carbons (Fsp3) is 0.500. The Balaban J connectivity index is 2.61. The normalized spacial score (nSPS) is 20.6. The minimum absolute atomic E-state index is 0.198. The van der Waals surface area contributed by atoms with Crippen molar-refractivity contribution >= 4 is 12.0 Å². The van der Waals surface area contributed by atoms with Crippen molar-refractivity contribution in [2.75, 3.05) is 13.2 Å². The number of hydrogen-bond acceptors (Lipinski definition) is 3. The molecule has 78 valence electrons. The van der Waals surface area contributed by atoms with E-state index in [-0.39, 0.29) is 12.5 Å². The second-order valence-corrected chi connectivity index (χ2v) is 2.94. The highest BCUT2D eigenvalue weighted by Crippen LogP contribution is 2.08. The summed E-state index contributed by atoms with van der Waals surface area (Å²) in [6.45, 7) is 0.207. The lowest BCUT2D eigenvalue weighted by Crippen LogP contribution is -2.35. The molecule has 4 N–H and O–H groups in total. The Bertz CT molecular complexity index is 275. The van der Waals surface area contributed by atoms with Crippen LogP contribution in [0.2, 0.25) is 0 Å². The van der Waals surface area contributed by atoms with Crippen LogP contribution in [0.15, 0.2) is 11.6 Å². The Kier molecular flexibility index (Phi) is 3.47. The zero-order chi connectivity index (χ0) is 10.6. The minimum atomic E-state index is -1.22. The summed E-state index contributed by atoms with van der Waals surface area (Å²) in [5.74, 6) is -0.198. The maximum absolute atomic E-state index is 11.1. The highest BCUT2D eigenvalue weighted by molar-refractivity contribution is 5.95. The number of hydrogen-bond donors (Lipinski definition) is 4. The van der Waals surface area contributed by atoms with Gasteiger partial charge in [0.15, 0.2) is 0 Å². The molecule has 6 nitrogen and oxygen atoms in total. The van der Waals surface area contributed by atoms with E-state index in [0.717, 1.165) is 0 Å². The average Bonchev–Trinajstić information content (AvgIpc) is 2.50. The lowest BCUT2D eigenvalue weighted by Gasteiger charge is -2.09. The minimum Gasteiger partial charge on any atom is -0.465 e. The molecule has 0 bridgehead atoms. The number of nitrogens with one attached hydrogen (secondary N) is 2. The Hall–Kier alpha value is -1.56. The summed E-state index contributed by atoms with van der Waals surface area (Å²) >= 11 is 0. The maximum Gasteiger partial charge on any atom is 0.405 e. The lowest BCUT2D eigenvalue weighted by atomic mass is 10.1. The van der Waals surface area contributed by atoms with Gasteiger partial charge in [0, 0.05) is 12.1 Å². The van der Waals surface area contributed by atoms with Crippen molar-refractivity contribution in [3.05, 3.63) is 11.6 Å². The molecule has 0 saturated carbocycles. The Morgan fingerprint density at radius 2 is 2.43 bits per heavy atom. The van der Waals surface area contributed by atoms with E-state index in [1.807, 2.05) is 0 Å². The highest BCUT2D eigenvalue weighted by Gasteiger charge is 2.18. The Morgan fingerprint density at radius 1 is 1.71 bits per heavy atom. The molecule has 2 amide bonds. The standard InChI is InChI=1S/C8H12N2O4/c11-4-6(10-8(13)14)3-5-1-2-9-7(5)12/h3,6,10-11H,1-2,4H2,(H,9,12)(H,13,14)/b5-3+. The zero-order valence-electron chi connectivity index (χ0n) is 7.49. The van der Waals surface area contributed by atoms with Gasteiger partial charge in [-0.3, -0.25) is 4.79 Å². The van der Waals surface area contributed by atoms with Gasteiger partial charge in [0.25, 0.3) is 0 Å². The fourth-order valence-corrected chi connectivity index (χ4v) is 1.24. The van der Waals surface area contributed by atoms with Gasteiger partial charge in [0.1, 0.15) is 0 Å². The maximum atomic E-state index is 11.1. The summed E-state index contributed by atoms with van der Waals surface area (Å²) in [5.41, 5.74) is 0.512. The first-order chi connectivity index (χ1) is 6.63. The van der Waals surface area contributed by atoms with Gasteiger partial charge in [-0.25, -0.2) is 4.79 Å². The van der Waals surface area contributed by atoms with Crippen molar-refractivity contribution < 1.29 is 19.8 Å². The molecule has 0 aromatic rings. The van der Waals surface area contributed by atoms with Crippen LogP contribution in [0.3, 0.4) is 0 Å². The molecule has 1 aliphatic heterocycles. The van der Waals surface area contributed by atoms with Crippen LogP contribution < -0.4 is 10.6 Å². The number of carbonyl (C=O) groups excluding carboxylic acids is 1. The SMILES string of the molecule is O=C(O)NC(/C=C1\CCNC1=O)CO. The first kappa shape index (κ1) is 10.5. The summed E-state index contributed by atoms with van der Waals surface area (Å²) < 4.78 is 0. The van der Waals surface area contributed by atoms with E-state index in [9.17, 15) is 9.59 Å². The first-order valence-electron chi connectivity index (χ1n) is 4.22. The summed E-state index contributed by atoms with van der Waals surface area (Å²) in [4.78, 5) is 21.3. The second-order valence-electron chi connectivity index (χ2n) is 2.94. The van der Waals surface area contributed by atoms with Crippen LogP contribution in [0.5, 0.6) is 0 Å². The van der Waals surface area contributed by atoms with Crippen LogP contribution in [0, 0.1) is 0 Å². The van der Waals surface area contributed by atoms with Crippen LogP contribution >= 0.6 is 0 Å². The molecule has 14 heavy (non-hydrogen) atoms. The van der Waals surface area contributed by atoms with Crippen LogP contribution in [-0.2, 0) is 4.79 Å². The molecule has 0 radical (unpaired) electrons. The van der Waals surface area contributed by atoms with Crippen molar-refractivity contribution in [3.8, 4) is 0 Å². The predicted octanol–water partition coefficient (Wildman–Crippen LogP) is -0.939. The Morgan fingerprint density at radius 3 is 2.86 bits per heavy atom.